The summed E-state index contributed by atoms with van der Waals surface area (Å²) in [7, 11) is 0. The molecule has 0 saturated carbocycles. The Bertz CT molecular complexity index is 408. The summed E-state index contributed by atoms with van der Waals surface area (Å²) in [6.45, 7) is -0.303. The summed E-state index contributed by atoms with van der Waals surface area (Å²) in [4.78, 5) is 4.25. The van der Waals surface area contributed by atoms with Crippen LogP contribution in [-0.4, -0.2) is 11.7 Å². The number of rotatable bonds is 3. The highest BCUT2D eigenvalue weighted by molar-refractivity contribution is 5.58. The van der Waals surface area contributed by atoms with Crippen LogP contribution in [0, 0.1) is 0 Å². The third-order valence-electron chi connectivity index (χ3n) is 2.30. The van der Waals surface area contributed by atoms with Crippen LogP contribution in [0.3, 0.4) is 0 Å². The molecular weight excluding hydrogens is 189 g/mol. The molecule has 2 heteroatoms. The van der Waals surface area contributed by atoms with Crippen LogP contribution in [0.1, 0.15) is 5.56 Å². The fourth-order valence-corrected chi connectivity index (χ4v) is 1.48. The summed E-state index contributed by atoms with van der Waals surface area (Å²) in [5, 5.41) is 0. The first kappa shape index (κ1) is 9.84. The molecule has 0 aliphatic rings. The third-order valence-corrected chi connectivity index (χ3v) is 2.30. The van der Waals surface area contributed by atoms with Crippen LogP contribution in [-0.2, 0) is 6.42 Å². The number of hydrogen-bond donors (Lipinski definition) is 0. The van der Waals surface area contributed by atoms with E-state index in [1.54, 1.807) is 6.20 Å². The van der Waals surface area contributed by atoms with Crippen molar-refractivity contribution in [1.29, 1.82) is 0 Å². The Morgan fingerprint density at radius 2 is 1.80 bits per heavy atom. The molecule has 1 heterocycles. The van der Waals surface area contributed by atoms with Gasteiger partial charge in [0.25, 0.3) is 0 Å². The van der Waals surface area contributed by atoms with Crippen molar-refractivity contribution in [2.75, 3.05) is 6.67 Å². The van der Waals surface area contributed by atoms with Crippen molar-refractivity contribution >= 4 is 0 Å². The quantitative estimate of drug-likeness (QED) is 0.742. The van der Waals surface area contributed by atoms with E-state index in [4.69, 9.17) is 0 Å². The van der Waals surface area contributed by atoms with Crippen LogP contribution in [0.2, 0.25) is 0 Å². The van der Waals surface area contributed by atoms with Gasteiger partial charge in [0.15, 0.2) is 0 Å². The zero-order valence-electron chi connectivity index (χ0n) is 8.36. The molecule has 0 aliphatic heterocycles. The molecule has 0 unspecified atom stereocenters. The number of halogens is 1. The van der Waals surface area contributed by atoms with Crippen molar-refractivity contribution in [3.05, 3.63) is 54.2 Å². The standard InChI is InChI=1S/C13H12FN/c14-9-8-11-4-6-12(7-5-11)13-3-1-2-10-15-13/h1-7,10H,8-9H2. The van der Waals surface area contributed by atoms with E-state index in [0.717, 1.165) is 16.8 Å². The molecule has 0 N–H and O–H groups in total. The number of hydrogen-bond acceptors (Lipinski definition) is 1. The van der Waals surface area contributed by atoms with Gasteiger partial charge in [-0.3, -0.25) is 9.37 Å². The minimum atomic E-state index is -0.303. The van der Waals surface area contributed by atoms with Gasteiger partial charge < -0.3 is 0 Å². The van der Waals surface area contributed by atoms with Gasteiger partial charge in [0.1, 0.15) is 0 Å². The number of benzene rings is 1. The van der Waals surface area contributed by atoms with E-state index in [9.17, 15) is 4.39 Å². The van der Waals surface area contributed by atoms with Gasteiger partial charge in [-0.1, -0.05) is 30.3 Å². The van der Waals surface area contributed by atoms with Crippen LogP contribution >= 0.6 is 0 Å². The van der Waals surface area contributed by atoms with E-state index in [0.29, 0.717) is 6.42 Å². The second-order valence-corrected chi connectivity index (χ2v) is 3.35. The molecule has 0 fully saturated rings. The fourth-order valence-electron chi connectivity index (χ4n) is 1.48. The van der Waals surface area contributed by atoms with E-state index < -0.39 is 0 Å². The fraction of sp³-hybridized carbons (Fsp3) is 0.154. The summed E-state index contributed by atoms with van der Waals surface area (Å²) in [5.74, 6) is 0. The lowest BCUT2D eigenvalue weighted by molar-refractivity contribution is 0.495. The van der Waals surface area contributed by atoms with E-state index in [-0.39, 0.29) is 6.67 Å². The zero-order valence-corrected chi connectivity index (χ0v) is 8.36. The Morgan fingerprint density at radius 1 is 1.00 bits per heavy atom. The molecule has 76 valence electrons. The minimum Gasteiger partial charge on any atom is -0.256 e. The monoisotopic (exact) mass is 201 g/mol. The summed E-state index contributed by atoms with van der Waals surface area (Å²) in [6, 6.07) is 13.7. The first-order valence-electron chi connectivity index (χ1n) is 4.96. The predicted molar refractivity (Wildman–Crippen MR) is 59.4 cm³/mol. The van der Waals surface area contributed by atoms with E-state index >= 15 is 0 Å². The smallest absolute Gasteiger partial charge is 0.0934 e. The SMILES string of the molecule is FCCc1ccc(-c2ccccn2)cc1. The molecule has 0 saturated heterocycles. The number of aryl methyl sites for hydroxylation is 1. The van der Waals surface area contributed by atoms with E-state index in [1.807, 2.05) is 42.5 Å². The van der Waals surface area contributed by atoms with Gasteiger partial charge in [-0.2, -0.15) is 0 Å². The van der Waals surface area contributed by atoms with Crippen LogP contribution < -0.4 is 0 Å². The second kappa shape index (κ2) is 4.69. The lowest BCUT2D eigenvalue weighted by Gasteiger charge is -2.01. The maximum absolute atomic E-state index is 12.1. The molecule has 1 nitrogen and oxygen atoms in total. The van der Waals surface area contributed by atoms with Gasteiger partial charge in [0.05, 0.1) is 12.4 Å². The summed E-state index contributed by atoms with van der Waals surface area (Å²) in [5.41, 5.74) is 3.04. The number of pyridine rings is 1. The molecule has 0 radical (unpaired) electrons. The van der Waals surface area contributed by atoms with Crippen molar-refractivity contribution in [3.63, 3.8) is 0 Å². The first-order valence-corrected chi connectivity index (χ1v) is 4.96. The van der Waals surface area contributed by atoms with Gasteiger partial charge in [-0.25, -0.2) is 0 Å². The number of nitrogens with zero attached hydrogens (tertiary/aromatic N) is 1. The number of alkyl halides is 1. The molecule has 1 aromatic heterocycles. The van der Waals surface area contributed by atoms with Gasteiger partial charge >= 0.3 is 0 Å². The molecule has 15 heavy (non-hydrogen) atoms. The highest BCUT2D eigenvalue weighted by Crippen LogP contribution is 2.16. The summed E-state index contributed by atoms with van der Waals surface area (Å²) in [6.07, 6.45) is 2.26. The molecule has 0 spiro atoms. The molecule has 2 rings (SSSR count). The largest absolute Gasteiger partial charge is 0.256 e. The Morgan fingerprint density at radius 3 is 2.40 bits per heavy atom. The van der Waals surface area contributed by atoms with Crippen molar-refractivity contribution in [2.24, 2.45) is 0 Å². The van der Waals surface area contributed by atoms with Crippen molar-refractivity contribution in [1.82, 2.24) is 4.98 Å². The van der Waals surface area contributed by atoms with Crippen molar-refractivity contribution < 1.29 is 4.39 Å². The van der Waals surface area contributed by atoms with E-state index in [2.05, 4.69) is 4.98 Å². The summed E-state index contributed by atoms with van der Waals surface area (Å²) < 4.78 is 12.1. The predicted octanol–water partition coefficient (Wildman–Crippen LogP) is 3.26. The Balaban J connectivity index is 2.24. The summed E-state index contributed by atoms with van der Waals surface area (Å²) >= 11 is 0. The highest BCUT2D eigenvalue weighted by atomic mass is 19.1. The lowest BCUT2D eigenvalue weighted by atomic mass is 10.1. The molecule has 2 aromatic rings. The van der Waals surface area contributed by atoms with Crippen LogP contribution in [0.25, 0.3) is 11.3 Å². The van der Waals surface area contributed by atoms with Crippen molar-refractivity contribution in [2.45, 2.75) is 6.42 Å². The Labute approximate surface area is 88.6 Å². The van der Waals surface area contributed by atoms with Gasteiger partial charge in [-0.15, -0.1) is 0 Å². The molecule has 0 aliphatic carbocycles. The molecule has 0 bridgehead atoms. The topological polar surface area (TPSA) is 12.9 Å². The van der Waals surface area contributed by atoms with Gasteiger partial charge in [0.2, 0.25) is 0 Å². The molecular formula is C13H12FN. The van der Waals surface area contributed by atoms with Crippen LogP contribution in [0.15, 0.2) is 48.7 Å². The lowest BCUT2D eigenvalue weighted by Crippen LogP contribution is -1.87. The van der Waals surface area contributed by atoms with Gasteiger partial charge in [0, 0.05) is 18.2 Å². The average Bonchev–Trinajstić information content (AvgIpc) is 2.32. The average molecular weight is 201 g/mol. The normalized spacial score (nSPS) is 10.2. The highest BCUT2D eigenvalue weighted by Gasteiger charge is 1.98. The maximum Gasteiger partial charge on any atom is 0.0934 e. The van der Waals surface area contributed by atoms with Crippen LogP contribution in [0.4, 0.5) is 4.39 Å². The molecule has 1 aromatic carbocycles. The van der Waals surface area contributed by atoms with E-state index in [1.165, 1.54) is 0 Å². The third kappa shape index (κ3) is 2.40. The Hall–Kier alpha value is -1.70. The van der Waals surface area contributed by atoms with Crippen molar-refractivity contribution in [3.8, 4) is 11.3 Å². The maximum atomic E-state index is 12.1. The second-order valence-electron chi connectivity index (χ2n) is 3.35. The van der Waals surface area contributed by atoms with Crippen LogP contribution in [0.5, 0.6) is 0 Å². The van der Waals surface area contributed by atoms with Gasteiger partial charge in [-0.05, 0) is 17.7 Å². The number of aromatic nitrogens is 1. The minimum absolute atomic E-state index is 0.303. The first-order chi connectivity index (χ1) is 7.40. The zero-order chi connectivity index (χ0) is 10.5. The molecule has 0 amide bonds. The molecule has 0 atom stereocenters. The Kier molecular flexibility index (Phi) is 3.08.